The molecule has 1 fully saturated rings. The minimum absolute atomic E-state index is 0.447. The van der Waals surface area contributed by atoms with Crippen LogP contribution in [0.4, 0.5) is 5.82 Å². The molecule has 1 aromatic heterocycles. The van der Waals surface area contributed by atoms with E-state index in [1.807, 2.05) is 0 Å². The summed E-state index contributed by atoms with van der Waals surface area (Å²) in [4.78, 5) is 8.14. The van der Waals surface area contributed by atoms with E-state index in [1.54, 1.807) is 12.4 Å². The summed E-state index contributed by atoms with van der Waals surface area (Å²) in [6.07, 6.45) is 11.5. The molecule has 88 valence electrons. The summed E-state index contributed by atoms with van der Waals surface area (Å²) in [6.45, 7) is 0.972. The van der Waals surface area contributed by atoms with Gasteiger partial charge in [-0.05, 0) is 12.3 Å². The summed E-state index contributed by atoms with van der Waals surface area (Å²) in [5.41, 5.74) is 0. The van der Waals surface area contributed by atoms with Crippen LogP contribution in [0.1, 0.15) is 38.5 Å². The van der Waals surface area contributed by atoms with Crippen LogP contribution in [0.25, 0.3) is 0 Å². The standard InChI is InChI=1S/C12H18ClN3/c13-11-8-14-9-12(16-11)15-7-6-10-4-2-1-3-5-10/h8-10H,1-7H2,(H,15,16). The lowest BCUT2D eigenvalue weighted by atomic mass is 9.87. The maximum Gasteiger partial charge on any atom is 0.149 e. The van der Waals surface area contributed by atoms with Crippen molar-refractivity contribution in [1.82, 2.24) is 9.97 Å². The lowest BCUT2D eigenvalue weighted by Crippen LogP contribution is -2.12. The van der Waals surface area contributed by atoms with Crippen molar-refractivity contribution < 1.29 is 0 Å². The Kier molecular flexibility index (Phi) is 4.40. The molecule has 0 bridgehead atoms. The molecule has 4 heteroatoms. The van der Waals surface area contributed by atoms with E-state index in [0.717, 1.165) is 18.3 Å². The van der Waals surface area contributed by atoms with Gasteiger partial charge in [-0.3, -0.25) is 4.98 Å². The minimum atomic E-state index is 0.447. The second kappa shape index (κ2) is 6.04. The topological polar surface area (TPSA) is 37.8 Å². The molecule has 0 unspecified atom stereocenters. The van der Waals surface area contributed by atoms with Crippen molar-refractivity contribution >= 4 is 17.4 Å². The van der Waals surface area contributed by atoms with Crippen molar-refractivity contribution in [1.29, 1.82) is 0 Å². The van der Waals surface area contributed by atoms with Gasteiger partial charge in [0.25, 0.3) is 0 Å². The lowest BCUT2D eigenvalue weighted by molar-refractivity contribution is 0.345. The third kappa shape index (κ3) is 3.63. The number of halogens is 1. The van der Waals surface area contributed by atoms with Crippen LogP contribution < -0.4 is 5.32 Å². The van der Waals surface area contributed by atoms with Crippen LogP contribution in [0.5, 0.6) is 0 Å². The zero-order valence-electron chi connectivity index (χ0n) is 9.45. The SMILES string of the molecule is Clc1cncc(NCCC2CCCCC2)n1. The Morgan fingerprint density at radius 3 is 2.81 bits per heavy atom. The second-order valence-corrected chi connectivity index (χ2v) is 4.83. The summed E-state index contributed by atoms with van der Waals surface area (Å²) in [5.74, 6) is 1.68. The smallest absolute Gasteiger partial charge is 0.149 e. The Morgan fingerprint density at radius 2 is 2.06 bits per heavy atom. The predicted molar refractivity (Wildman–Crippen MR) is 66.7 cm³/mol. The molecule has 3 nitrogen and oxygen atoms in total. The molecule has 1 saturated carbocycles. The van der Waals surface area contributed by atoms with Crippen molar-refractivity contribution in [2.75, 3.05) is 11.9 Å². The van der Waals surface area contributed by atoms with Gasteiger partial charge >= 0.3 is 0 Å². The van der Waals surface area contributed by atoms with E-state index in [2.05, 4.69) is 15.3 Å². The maximum atomic E-state index is 5.76. The Hall–Kier alpha value is -0.830. The van der Waals surface area contributed by atoms with E-state index in [1.165, 1.54) is 38.5 Å². The van der Waals surface area contributed by atoms with Crippen molar-refractivity contribution in [2.24, 2.45) is 5.92 Å². The average molecular weight is 240 g/mol. The monoisotopic (exact) mass is 239 g/mol. The van der Waals surface area contributed by atoms with Gasteiger partial charge in [-0.15, -0.1) is 0 Å². The molecule has 0 aromatic carbocycles. The number of anilines is 1. The molecule has 1 aliphatic rings. The quantitative estimate of drug-likeness (QED) is 0.874. The van der Waals surface area contributed by atoms with Gasteiger partial charge in [-0.25, -0.2) is 4.98 Å². The summed E-state index contributed by atoms with van der Waals surface area (Å²) in [5, 5.41) is 3.72. The van der Waals surface area contributed by atoms with Gasteiger partial charge in [-0.2, -0.15) is 0 Å². The lowest BCUT2D eigenvalue weighted by Gasteiger charge is -2.21. The fourth-order valence-electron chi connectivity index (χ4n) is 2.31. The van der Waals surface area contributed by atoms with Crippen molar-refractivity contribution in [3.05, 3.63) is 17.5 Å². The van der Waals surface area contributed by atoms with Crippen molar-refractivity contribution in [2.45, 2.75) is 38.5 Å². The molecule has 0 saturated heterocycles. The highest BCUT2D eigenvalue weighted by molar-refractivity contribution is 6.29. The molecule has 0 radical (unpaired) electrons. The van der Waals surface area contributed by atoms with Crippen molar-refractivity contribution in [3.8, 4) is 0 Å². The fraction of sp³-hybridized carbons (Fsp3) is 0.667. The van der Waals surface area contributed by atoms with Gasteiger partial charge in [0.2, 0.25) is 0 Å². The molecule has 1 aliphatic carbocycles. The largest absolute Gasteiger partial charge is 0.369 e. The molecule has 2 rings (SSSR count). The predicted octanol–water partition coefficient (Wildman–Crippen LogP) is 3.51. The molecule has 1 N–H and O–H groups in total. The van der Waals surface area contributed by atoms with Crippen LogP contribution in [-0.4, -0.2) is 16.5 Å². The highest BCUT2D eigenvalue weighted by Crippen LogP contribution is 2.26. The molecule has 1 heterocycles. The van der Waals surface area contributed by atoms with E-state index < -0.39 is 0 Å². The molecule has 1 aromatic rings. The molecule has 0 amide bonds. The van der Waals surface area contributed by atoms with E-state index in [-0.39, 0.29) is 0 Å². The summed E-state index contributed by atoms with van der Waals surface area (Å²) in [6, 6.07) is 0. The van der Waals surface area contributed by atoms with Gasteiger partial charge < -0.3 is 5.32 Å². The van der Waals surface area contributed by atoms with Crippen LogP contribution in [0, 0.1) is 5.92 Å². The van der Waals surface area contributed by atoms with E-state index in [4.69, 9.17) is 11.6 Å². The first-order chi connectivity index (χ1) is 7.84. The van der Waals surface area contributed by atoms with Crippen LogP contribution in [0.3, 0.4) is 0 Å². The van der Waals surface area contributed by atoms with Crippen molar-refractivity contribution in [3.63, 3.8) is 0 Å². The summed E-state index contributed by atoms with van der Waals surface area (Å²) < 4.78 is 0. The number of hydrogen-bond acceptors (Lipinski definition) is 3. The maximum absolute atomic E-state index is 5.76. The zero-order chi connectivity index (χ0) is 11.2. The average Bonchev–Trinajstić information content (AvgIpc) is 2.30. The number of aromatic nitrogens is 2. The first-order valence-electron chi connectivity index (χ1n) is 6.06. The second-order valence-electron chi connectivity index (χ2n) is 4.45. The number of rotatable bonds is 4. The summed E-state index contributed by atoms with van der Waals surface area (Å²) in [7, 11) is 0. The zero-order valence-corrected chi connectivity index (χ0v) is 10.2. The summed E-state index contributed by atoms with van der Waals surface area (Å²) >= 11 is 5.76. The first-order valence-corrected chi connectivity index (χ1v) is 6.44. The normalized spacial score (nSPS) is 17.3. The number of hydrogen-bond donors (Lipinski definition) is 1. The fourth-order valence-corrected chi connectivity index (χ4v) is 2.45. The van der Waals surface area contributed by atoms with Crippen LogP contribution in [0.2, 0.25) is 5.15 Å². The van der Waals surface area contributed by atoms with Crippen LogP contribution in [-0.2, 0) is 0 Å². The van der Waals surface area contributed by atoms with E-state index >= 15 is 0 Å². The highest BCUT2D eigenvalue weighted by atomic mass is 35.5. The third-order valence-corrected chi connectivity index (χ3v) is 3.37. The Morgan fingerprint density at radius 1 is 1.25 bits per heavy atom. The molecule has 0 atom stereocenters. The Bertz CT molecular complexity index is 324. The Labute approximate surface area is 102 Å². The van der Waals surface area contributed by atoms with Gasteiger partial charge in [0.15, 0.2) is 0 Å². The highest BCUT2D eigenvalue weighted by Gasteiger charge is 2.12. The molecular formula is C12H18ClN3. The molecule has 0 aliphatic heterocycles. The van der Waals surface area contributed by atoms with Gasteiger partial charge in [0.05, 0.1) is 12.4 Å². The van der Waals surface area contributed by atoms with Gasteiger partial charge in [-0.1, -0.05) is 43.7 Å². The van der Waals surface area contributed by atoms with Crippen LogP contribution >= 0.6 is 11.6 Å². The molecule has 0 spiro atoms. The Balaban J connectivity index is 1.71. The van der Waals surface area contributed by atoms with E-state index in [9.17, 15) is 0 Å². The third-order valence-electron chi connectivity index (χ3n) is 3.19. The van der Waals surface area contributed by atoms with Gasteiger partial charge in [0.1, 0.15) is 11.0 Å². The minimum Gasteiger partial charge on any atom is -0.369 e. The van der Waals surface area contributed by atoms with Gasteiger partial charge in [0, 0.05) is 6.54 Å². The number of nitrogens with one attached hydrogen (secondary N) is 1. The first kappa shape index (κ1) is 11.6. The molecule has 16 heavy (non-hydrogen) atoms. The molecular weight excluding hydrogens is 222 g/mol. The van der Waals surface area contributed by atoms with Crippen LogP contribution in [0.15, 0.2) is 12.4 Å². The van der Waals surface area contributed by atoms with E-state index in [0.29, 0.717) is 5.15 Å². The number of nitrogens with zero attached hydrogens (tertiary/aromatic N) is 2.